The molecule has 20 heavy (non-hydrogen) atoms. The monoisotopic (exact) mass is 275 g/mol. The second-order valence-electron chi connectivity index (χ2n) is 4.46. The first-order valence-electron chi connectivity index (χ1n) is 6.06. The Bertz CT molecular complexity index is 793. The predicted molar refractivity (Wildman–Crippen MR) is 70.9 cm³/mol. The largest absolute Gasteiger partial charge is 0.305 e. The Morgan fingerprint density at radius 3 is 2.70 bits per heavy atom. The summed E-state index contributed by atoms with van der Waals surface area (Å²) in [7, 11) is 0. The SMILES string of the molecule is O=c1cc(C(F)F)c2cn(Cc3ccccc3)nc2[nH]1. The van der Waals surface area contributed by atoms with Gasteiger partial charge >= 0.3 is 0 Å². The summed E-state index contributed by atoms with van der Waals surface area (Å²) in [5.41, 5.74) is 0.325. The molecule has 3 rings (SSSR count). The van der Waals surface area contributed by atoms with Crippen LogP contribution in [0.25, 0.3) is 11.0 Å². The molecule has 1 aromatic carbocycles. The van der Waals surface area contributed by atoms with Gasteiger partial charge in [0.25, 0.3) is 6.43 Å². The molecule has 0 spiro atoms. The first-order chi connectivity index (χ1) is 9.63. The highest BCUT2D eigenvalue weighted by atomic mass is 19.3. The van der Waals surface area contributed by atoms with Crippen LogP contribution in [0.1, 0.15) is 17.6 Å². The number of nitrogens with one attached hydrogen (secondary N) is 1. The van der Waals surface area contributed by atoms with Gasteiger partial charge in [-0.1, -0.05) is 30.3 Å². The quantitative estimate of drug-likeness (QED) is 0.799. The number of benzene rings is 1. The first kappa shape index (κ1) is 12.5. The van der Waals surface area contributed by atoms with Gasteiger partial charge in [0.2, 0.25) is 5.56 Å². The number of fused-ring (bicyclic) bond motifs is 1. The molecule has 4 nitrogen and oxygen atoms in total. The maximum atomic E-state index is 12.9. The molecule has 0 fully saturated rings. The number of halogens is 2. The van der Waals surface area contributed by atoms with Crippen molar-refractivity contribution >= 4 is 11.0 Å². The molecule has 0 saturated heterocycles. The molecule has 3 aromatic rings. The third-order valence-electron chi connectivity index (χ3n) is 3.02. The average Bonchev–Trinajstić information content (AvgIpc) is 2.80. The van der Waals surface area contributed by atoms with Crippen LogP contribution in [0.4, 0.5) is 8.78 Å². The van der Waals surface area contributed by atoms with Gasteiger partial charge in [-0.2, -0.15) is 5.10 Å². The van der Waals surface area contributed by atoms with E-state index < -0.39 is 12.0 Å². The summed E-state index contributed by atoms with van der Waals surface area (Å²) in [6, 6.07) is 10.4. The highest BCUT2D eigenvalue weighted by Crippen LogP contribution is 2.24. The van der Waals surface area contributed by atoms with Crippen LogP contribution in [-0.4, -0.2) is 14.8 Å². The van der Waals surface area contributed by atoms with Crippen LogP contribution in [0, 0.1) is 0 Å². The second kappa shape index (κ2) is 4.88. The summed E-state index contributed by atoms with van der Waals surface area (Å²) in [4.78, 5) is 13.8. The highest BCUT2D eigenvalue weighted by Gasteiger charge is 2.15. The Morgan fingerprint density at radius 1 is 1.25 bits per heavy atom. The van der Waals surface area contributed by atoms with Crippen LogP contribution in [0.3, 0.4) is 0 Å². The molecule has 2 heterocycles. The fourth-order valence-corrected chi connectivity index (χ4v) is 2.13. The Labute approximate surface area is 112 Å². The van der Waals surface area contributed by atoms with Crippen LogP contribution < -0.4 is 5.56 Å². The zero-order chi connectivity index (χ0) is 14.1. The van der Waals surface area contributed by atoms with Gasteiger partial charge in [-0.15, -0.1) is 0 Å². The minimum absolute atomic E-state index is 0.184. The fourth-order valence-electron chi connectivity index (χ4n) is 2.13. The lowest BCUT2D eigenvalue weighted by Crippen LogP contribution is -2.06. The van der Waals surface area contributed by atoms with Crippen LogP contribution in [0.15, 0.2) is 47.4 Å². The van der Waals surface area contributed by atoms with Crippen molar-refractivity contribution in [2.45, 2.75) is 13.0 Å². The number of aromatic amines is 1. The van der Waals surface area contributed by atoms with Crippen molar-refractivity contribution in [1.82, 2.24) is 14.8 Å². The van der Waals surface area contributed by atoms with E-state index in [4.69, 9.17) is 0 Å². The molecule has 1 N–H and O–H groups in total. The Morgan fingerprint density at radius 2 is 2.00 bits per heavy atom. The molecule has 0 aliphatic rings. The predicted octanol–water partition coefficient (Wildman–Crippen LogP) is 2.71. The lowest BCUT2D eigenvalue weighted by atomic mass is 10.2. The van der Waals surface area contributed by atoms with Crippen molar-refractivity contribution in [2.75, 3.05) is 0 Å². The Hall–Kier alpha value is -2.50. The molecule has 2 aromatic heterocycles. The van der Waals surface area contributed by atoms with Crippen molar-refractivity contribution < 1.29 is 8.78 Å². The smallest absolute Gasteiger partial charge is 0.264 e. The van der Waals surface area contributed by atoms with E-state index in [1.807, 2.05) is 30.3 Å². The first-order valence-corrected chi connectivity index (χ1v) is 6.06. The molecular formula is C14H11F2N3O. The van der Waals surface area contributed by atoms with Gasteiger partial charge in [-0.25, -0.2) is 8.78 Å². The molecule has 0 saturated carbocycles. The molecule has 0 bridgehead atoms. The van der Waals surface area contributed by atoms with E-state index in [2.05, 4.69) is 10.1 Å². The van der Waals surface area contributed by atoms with Crippen LogP contribution >= 0.6 is 0 Å². The Balaban J connectivity index is 2.07. The molecule has 0 aliphatic heterocycles. The number of pyridine rings is 1. The van der Waals surface area contributed by atoms with E-state index in [0.717, 1.165) is 11.6 Å². The molecule has 0 amide bonds. The van der Waals surface area contributed by atoms with Crippen LogP contribution in [-0.2, 0) is 6.54 Å². The molecule has 0 unspecified atom stereocenters. The summed E-state index contributed by atoms with van der Waals surface area (Å²) >= 11 is 0. The standard InChI is InChI=1S/C14H11F2N3O/c15-13(16)10-6-12(20)17-14-11(10)8-19(18-14)7-9-4-2-1-3-5-9/h1-6,8,13H,7H2,(H,17,18,20). The van der Waals surface area contributed by atoms with Gasteiger partial charge in [-0.3, -0.25) is 9.48 Å². The van der Waals surface area contributed by atoms with Gasteiger partial charge in [-0.05, 0) is 5.56 Å². The maximum absolute atomic E-state index is 12.9. The number of hydrogen-bond donors (Lipinski definition) is 1. The summed E-state index contributed by atoms with van der Waals surface area (Å²) in [5, 5.41) is 4.41. The molecule has 102 valence electrons. The number of H-pyrrole nitrogens is 1. The van der Waals surface area contributed by atoms with Gasteiger partial charge in [0.15, 0.2) is 5.65 Å². The number of aromatic nitrogens is 3. The number of alkyl halides is 2. The second-order valence-corrected chi connectivity index (χ2v) is 4.46. The third kappa shape index (κ3) is 2.32. The van der Waals surface area contributed by atoms with Crippen LogP contribution in [0.2, 0.25) is 0 Å². The van der Waals surface area contributed by atoms with Gasteiger partial charge in [0, 0.05) is 23.2 Å². The van der Waals surface area contributed by atoms with E-state index in [-0.39, 0.29) is 16.6 Å². The molecule has 0 aliphatic carbocycles. The molecule has 0 radical (unpaired) electrons. The van der Waals surface area contributed by atoms with E-state index in [9.17, 15) is 13.6 Å². The number of hydrogen-bond acceptors (Lipinski definition) is 2. The molecule has 0 atom stereocenters. The zero-order valence-electron chi connectivity index (χ0n) is 10.4. The summed E-state index contributed by atoms with van der Waals surface area (Å²) in [6.07, 6.45) is -1.17. The minimum Gasteiger partial charge on any atom is -0.305 e. The van der Waals surface area contributed by atoms with Crippen molar-refractivity contribution in [3.63, 3.8) is 0 Å². The summed E-state index contributed by atoms with van der Waals surface area (Å²) in [5.74, 6) is 0. The number of rotatable bonds is 3. The van der Waals surface area contributed by atoms with Gasteiger partial charge in [0.1, 0.15) is 0 Å². The van der Waals surface area contributed by atoms with E-state index in [0.29, 0.717) is 6.54 Å². The highest BCUT2D eigenvalue weighted by molar-refractivity contribution is 5.78. The Kier molecular flexibility index (Phi) is 3.06. The zero-order valence-corrected chi connectivity index (χ0v) is 10.4. The lowest BCUT2D eigenvalue weighted by Gasteiger charge is -2.00. The van der Waals surface area contributed by atoms with Crippen molar-refractivity contribution in [3.05, 3.63) is 64.1 Å². The van der Waals surface area contributed by atoms with Crippen molar-refractivity contribution in [2.24, 2.45) is 0 Å². The lowest BCUT2D eigenvalue weighted by molar-refractivity contribution is 0.153. The van der Waals surface area contributed by atoms with Crippen LogP contribution in [0.5, 0.6) is 0 Å². The third-order valence-corrected chi connectivity index (χ3v) is 3.02. The van der Waals surface area contributed by atoms with E-state index in [1.165, 1.54) is 6.20 Å². The topological polar surface area (TPSA) is 50.7 Å². The van der Waals surface area contributed by atoms with E-state index in [1.54, 1.807) is 4.68 Å². The minimum atomic E-state index is -2.70. The fraction of sp³-hybridized carbons (Fsp3) is 0.143. The average molecular weight is 275 g/mol. The van der Waals surface area contributed by atoms with E-state index >= 15 is 0 Å². The van der Waals surface area contributed by atoms with Crippen molar-refractivity contribution in [3.8, 4) is 0 Å². The van der Waals surface area contributed by atoms with Crippen molar-refractivity contribution in [1.29, 1.82) is 0 Å². The molecule has 6 heteroatoms. The summed E-state index contributed by atoms with van der Waals surface area (Å²) < 4.78 is 27.4. The summed E-state index contributed by atoms with van der Waals surface area (Å²) in [6.45, 7) is 0.459. The normalized spacial score (nSPS) is 11.3. The number of nitrogens with zero attached hydrogens (tertiary/aromatic N) is 2. The molecular weight excluding hydrogens is 264 g/mol. The maximum Gasteiger partial charge on any atom is 0.264 e. The van der Waals surface area contributed by atoms with Gasteiger partial charge < -0.3 is 4.98 Å². The van der Waals surface area contributed by atoms with Gasteiger partial charge in [0.05, 0.1) is 6.54 Å².